The molecule has 1 aromatic rings. The fraction of sp³-hybridized carbons (Fsp3) is 0.571. The van der Waals surface area contributed by atoms with Crippen molar-refractivity contribution in [3.8, 4) is 0 Å². The summed E-state index contributed by atoms with van der Waals surface area (Å²) >= 11 is 0. The minimum atomic E-state index is -3.11. The smallest absolute Gasteiger partial charge is 0.151 e. The van der Waals surface area contributed by atoms with Gasteiger partial charge in [0.25, 0.3) is 0 Å². The summed E-state index contributed by atoms with van der Waals surface area (Å²) in [6, 6.07) is 7.46. The van der Waals surface area contributed by atoms with E-state index >= 15 is 0 Å². The van der Waals surface area contributed by atoms with Crippen LogP contribution >= 0.6 is 0 Å². The lowest BCUT2D eigenvalue weighted by atomic mass is 9.97. The lowest BCUT2D eigenvalue weighted by molar-refractivity contribution is 0.570. The first-order valence-electron chi connectivity index (χ1n) is 6.25. The molecule has 0 amide bonds. The SMILES string of the molecule is CC(C)Cc1cccc(C(N)C(C)S(C)(=O)=O)c1. The third-order valence-corrected chi connectivity index (χ3v) is 4.80. The third kappa shape index (κ3) is 4.10. The zero-order valence-corrected chi connectivity index (χ0v) is 12.4. The van der Waals surface area contributed by atoms with Gasteiger partial charge in [0.1, 0.15) is 0 Å². The molecule has 3 nitrogen and oxygen atoms in total. The molecule has 0 aliphatic rings. The molecule has 1 aromatic carbocycles. The Morgan fingerprint density at radius 2 is 1.83 bits per heavy atom. The highest BCUT2D eigenvalue weighted by Gasteiger charge is 2.24. The van der Waals surface area contributed by atoms with E-state index < -0.39 is 21.1 Å². The molecule has 0 spiro atoms. The average molecular weight is 269 g/mol. The van der Waals surface area contributed by atoms with Crippen LogP contribution in [-0.2, 0) is 16.3 Å². The molecule has 18 heavy (non-hydrogen) atoms. The monoisotopic (exact) mass is 269 g/mol. The van der Waals surface area contributed by atoms with Crippen LogP contribution < -0.4 is 5.73 Å². The summed E-state index contributed by atoms with van der Waals surface area (Å²) in [4.78, 5) is 0. The second-order valence-electron chi connectivity index (χ2n) is 5.40. The van der Waals surface area contributed by atoms with Crippen molar-refractivity contribution < 1.29 is 8.42 Å². The predicted octanol–water partition coefficient (Wildman–Crippen LogP) is 2.32. The first-order valence-corrected chi connectivity index (χ1v) is 8.20. The van der Waals surface area contributed by atoms with Crippen LogP contribution in [0.4, 0.5) is 0 Å². The van der Waals surface area contributed by atoms with Crippen molar-refractivity contribution in [1.29, 1.82) is 0 Å². The van der Waals surface area contributed by atoms with Gasteiger partial charge >= 0.3 is 0 Å². The first-order chi connectivity index (χ1) is 8.21. The van der Waals surface area contributed by atoms with Crippen molar-refractivity contribution >= 4 is 9.84 Å². The highest BCUT2D eigenvalue weighted by Crippen LogP contribution is 2.21. The van der Waals surface area contributed by atoms with Crippen molar-refractivity contribution in [2.24, 2.45) is 11.7 Å². The van der Waals surface area contributed by atoms with Gasteiger partial charge in [-0.1, -0.05) is 38.1 Å². The second kappa shape index (κ2) is 5.85. The molecule has 0 heterocycles. The number of hydrogen-bond donors (Lipinski definition) is 1. The number of benzene rings is 1. The average Bonchev–Trinajstić information content (AvgIpc) is 2.25. The fourth-order valence-corrected chi connectivity index (χ4v) is 2.63. The van der Waals surface area contributed by atoms with Crippen molar-refractivity contribution in [3.05, 3.63) is 35.4 Å². The molecule has 102 valence electrons. The van der Waals surface area contributed by atoms with Gasteiger partial charge in [-0.25, -0.2) is 8.42 Å². The molecule has 0 aliphatic heterocycles. The fourth-order valence-electron chi connectivity index (χ4n) is 1.94. The van der Waals surface area contributed by atoms with Crippen LogP contribution in [-0.4, -0.2) is 19.9 Å². The Morgan fingerprint density at radius 1 is 1.22 bits per heavy atom. The molecule has 0 radical (unpaired) electrons. The van der Waals surface area contributed by atoms with Gasteiger partial charge in [0, 0.05) is 12.3 Å². The maximum Gasteiger partial charge on any atom is 0.151 e. The lowest BCUT2D eigenvalue weighted by Gasteiger charge is -2.19. The highest BCUT2D eigenvalue weighted by atomic mass is 32.2. The lowest BCUT2D eigenvalue weighted by Crippen LogP contribution is -2.30. The third-order valence-electron chi connectivity index (χ3n) is 3.16. The second-order valence-corrected chi connectivity index (χ2v) is 7.81. The van der Waals surface area contributed by atoms with E-state index in [0.29, 0.717) is 5.92 Å². The minimum Gasteiger partial charge on any atom is -0.323 e. The van der Waals surface area contributed by atoms with Gasteiger partial charge in [0.2, 0.25) is 0 Å². The molecule has 4 heteroatoms. The van der Waals surface area contributed by atoms with Crippen LogP contribution in [0.3, 0.4) is 0 Å². The minimum absolute atomic E-state index is 0.466. The number of rotatable bonds is 5. The predicted molar refractivity (Wildman–Crippen MR) is 76.2 cm³/mol. The maximum atomic E-state index is 11.5. The van der Waals surface area contributed by atoms with Gasteiger partial charge < -0.3 is 5.73 Å². The largest absolute Gasteiger partial charge is 0.323 e. The van der Waals surface area contributed by atoms with Gasteiger partial charge in [-0.2, -0.15) is 0 Å². The highest BCUT2D eigenvalue weighted by molar-refractivity contribution is 7.91. The normalized spacial score (nSPS) is 15.7. The van der Waals surface area contributed by atoms with Crippen LogP contribution in [0.5, 0.6) is 0 Å². The maximum absolute atomic E-state index is 11.5. The Bertz CT molecular complexity index is 494. The summed E-state index contributed by atoms with van der Waals surface area (Å²) in [6.07, 6.45) is 2.21. The van der Waals surface area contributed by atoms with Crippen LogP contribution in [0.15, 0.2) is 24.3 Å². The van der Waals surface area contributed by atoms with E-state index in [1.165, 1.54) is 11.8 Å². The van der Waals surface area contributed by atoms with Gasteiger partial charge in [0.05, 0.1) is 5.25 Å². The first kappa shape index (κ1) is 15.2. The Hall–Kier alpha value is -0.870. The molecule has 0 saturated heterocycles. The Balaban J connectivity index is 2.96. The Labute approximate surface area is 110 Å². The van der Waals surface area contributed by atoms with Crippen LogP contribution in [0.2, 0.25) is 0 Å². The number of sulfone groups is 1. The molecular weight excluding hydrogens is 246 g/mol. The summed E-state index contributed by atoms with van der Waals surface area (Å²) in [6.45, 7) is 5.98. The van der Waals surface area contributed by atoms with E-state index in [1.807, 2.05) is 18.2 Å². The van der Waals surface area contributed by atoms with E-state index in [4.69, 9.17) is 5.73 Å². The molecule has 0 saturated carbocycles. The molecule has 2 N–H and O–H groups in total. The van der Waals surface area contributed by atoms with Crippen LogP contribution in [0, 0.1) is 5.92 Å². The summed E-state index contributed by atoms with van der Waals surface area (Å²) in [7, 11) is -3.11. The number of nitrogens with two attached hydrogens (primary N) is 1. The quantitative estimate of drug-likeness (QED) is 0.892. The van der Waals surface area contributed by atoms with E-state index in [1.54, 1.807) is 6.92 Å². The van der Waals surface area contributed by atoms with Crippen LogP contribution in [0.1, 0.15) is 37.9 Å². The van der Waals surface area contributed by atoms with Crippen LogP contribution in [0.25, 0.3) is 0 Å². The van der Waals surface area contributed by atoms with E-state index in [-0.39, 0.29) is 0 Å². The topological polar surface area (TPSA) is 60.2 Å². The molecule has 0 bridgehead atoms. The van der Waals surface area contributed by atoms with E-state index in [2.05, 4.69) is 19.9 Å². The zero-order valence-electron chi connectivity index (χ0n) is 11.6. The molecule has 0 fully saturated rings. The van der Waals surface area contributed by atoms with E-state index in [9.17, 15) is 8.42 Å². The Kier molecular flexibility index (Phi) is 4.93. The Morgan fingerprint density at radius 3 is 2.33 bits per heavy atom. The van der Waals surface area contributed by atoms with Gasteiger partial charge in [-0.05, 0) is 30.4 Å². The van der Waals surface area contributed by atoms with Crippen molar-refractivity contribution in [2.75, 3.05) is 6.26 Å². The van der Waals surface area contributed by atoms with Crippen molar-refractivity contribution in [1.82, 2.24) is 0 Å². The summed E-state index contributed by atoms with van der Waals surface area (Å²) < 4.78 is 23.1. The molecule has 0 aromatic heterocycles. The van der Waals surface area contributed by atoms with Crippen molar-refractivity contribution in [2.45, 2.75) is 38.5 Å². The standard InChI is InChI=1S/C14H23NO2S/c1-10(2)8-12-6-5-7-13(9-12)14(15)11(3)18(4,16)17/h5-7,9-11,14H,8,15H2,1-4H3. The number of hydrogen-bond acceptors (Lipinski definition) is 3. The molecular formula is C14H23NO2S. The van der Waals surface area contributed by atoms with Gasteiger partial charge in [-0.3, -0.25) is 0 Å². The molecule has 2 atom stereocenters. The zero-order chi connectivity index (χ0) is 13.9. The molecule has 0 aliphatic carbocycles. The van der Waals surface area contributed by atoms with Gasteiger partial charge in [-0.15, -0.1) is 0 Å². The molecule has 2 unspecified atom stereocenters. The van der Waals surface area contributed by atoms with Gasteiger partial charge in [0.15, 0.2) is 9.84 Å². The summed E-state index contributed by atoms with van der Waals surface area (Å²) in [5.41, 5.74) is 8.15. The van der Waals surface area contributed by atoms with Crippen molar-refractivity contribution in [3.63, 3.8) is 0 Å². The summed E-state index contributed by atoms with van der Waals surface area (Å²) in [5, 5.41) is -0.563. The summed E-state index contributed by atoms with van der Waals surface area (Å²) in [5.74, 6) is 0.573. The molecule has 1 rings (SSSR count). The van der Waals surface area contributed by atoms with E-state index in [0.717, 1.165) is 12.0 Å².